The van der Waals surface area contributed by atoms with Crippen LogP contribution in [-0.4, -0.2) is 77.7 Å². The number of carbonyl (C=O) groups excluding carboxylic acids is 1. The van der Waals surface area contributed by atoms with Crippen molar-refractivity contribution in [3.8, 4) is 5.75 Å². The molecule has 1 saturated heterocycles. The van der Waals surface area contributed by atoms with Crippen molar-refractivity contribution in [2.24, 2.45) is 0 Å². The minimum Gasteiger partial charge on any atom is -0.495 e. The number of nitrogens with zero attached hydrogens (tertiary/aromatic N) is 3. The summed E-state index contributed by atoms with van der Waals surface area (Å²) in [6, 6.07) is 10.8. The minimum atomic E-state index is -3.72. The number of nitrogens with one attached hydrogen (secondary N) is 1. The molecule has 0 saturated carbocycles. The highest BCUT2D eigenvalue weighted by Gasteiger charge is 2.30. The average molecular weight is 525 g/mol. The number of hydrogen-bond acceptors (Lipinski definition) is 7. The van der Waals surface area contributed by atoms with Crippen LogP contribution in [0.5, 0.6) is 5.75 Å². The minimum absolute atomic E-state index is 0.143. The fraction of sp³-hybridized carbons (Fsp3) is 0.435. The third-order valence-corrected chi connectivity index (χ3v) is 9.84. The molecular formula is C23H32N4O6S2. The van der Waals surface area contributed by atoms with E-state index in [0.29, 0.717) is 43.3 Å². The van der Waals surface area contributed by atoms with E-state index in [4.69, 9.17) is 4.74 Å². The Kier molecular flexibility index (Phi) is 8.42. The van der Waals surface area contributed by atoms with Crippen molar-refractivity contribution in [1.82, 2.24) is 8.61 Å². The summed E-state index contributed by atoms with van der Waals surface area (Å²) in [5.41, 5.74) is 1.13. The lowest BCUT2D eigenvalue weighted by molar-refractivity contribution is -0.114. The molecular weight excluding hydrogens is 492 g/mol. The molecule has 35 heavy (non-hydrogen) atoms. The van der Waals surface area contributed by atoms with Crippen molar-refractivity contribution in [2.75, 3.05) is 56.6 Å². The van der Waals surface area contributed by atoms with Gasteiger partial charge in [-0.3, -0.25) is 4.79 Å². The van der Waals surface area contributed by atoms with Crippen LogP contribution in [0.15, 0.2) is 52.3 Å². The monoisotopic (exact) mass is 524 g/mol. The number of ether oxygens (including phenoxy) is 1. The molecule has 3 rings (SSSR count). The van der Waals surface area contributed by atoms with Crippen molar-refractivity contribution in [2.45, 2.75) is 30.6 Å². The normalized spacial score (nSPS) is 15.3. The second kappa shape index (κ2) is 10.9. The maximum atomic E-state index is 13.1. The zero-order valence-corrected chi connectivity index (χ0v) is 22.0. The Morgan fingerprint density at radius 1 is 0.943 bits per heavy atom. The number of sulfonamides is 2. The Morgan fingerprint density at radius 3 is 2.03 bits per heavy atom. The molecule has 0 atom stereocenters. The number of carbonyl (C=O) groups is 1. The first-order valence-electron chi connectivity index (χ1n) is 11.4. The van der Waals surface area contributed by atoms with Crippen LogP contribution in [0, 0.1) is 0 Å². The van der Waals surface area contributed by atoms with E-state index in [1.165, 1.54) is 40.8 Å². The molecule has 1 aliphatic rings. The van der Waals surface area contributed by atoms with E-state index in [9.17, 15) is 21.6 Å². The third-order valence-electron chi connectivity index (χ3n) is 5.89. The molecule has 0 aliphatic carbocycles. The molecule has 1 fully saturated rings. The molecule has 0 spiro atoms. The lowest BCUT2D eigenvalue weighted by Gasteiger charge is -2.36. The van der Waals surface area contributed by atoms with Crippen LogP contribution in [0.4, 0.5) is 11.4 Å². The maximum Gasteiger partial charge on any atom is 0.243 e. The summed E-state index contributed by atoms with van der Waals surface area (Å²) >= 11 is 0. The van der Waals surface area contributed by atoms with Crippen molar-refractivity contribution < 1.29 is 26.4 Å². The van der Waals surface area contributed by atoms with Gasteiger partial charge < -0.3 is 15.0 Å². The molecule has 0 bridgehead atoms. The third kappa shape index (κ3) is 5.77. The Morgan fingerprint density at radius 2 is 1.51 bits per heavy atom. The Hall–Kier alpha value is -2.67. The van der Waals surface area contributed by atoms with E-state index in [1.807, 2.05) is 4.90 Å². The summed E-state index contributed by atoms with van der Waals surface area (Å²) < 4.78 is 60.5. The van der Waals surface area contributed by atoms with Gasteiger partial charge in [-0.05, 0) is 42.5 Å². The highest BCUT2D eigenvalue weighted by atomic mass is 32.2. The molecule has 0 radical (unpaired) electrons. The van der Waals surface area contributed by atoms with Gasteiger partial charge in [0.1, 0.15) is 5.75 Å². The molecule has 1 aliphatic heterocycles. The van der Waals surface area contributed by atoms with E-state index in [2.05, 4.69) is 5.32 Å². The highest BCUT2D eigenvalue weighted by Crippen LogP contribution is 2.33. The van der Waals surface area contributed by atoms with Crippen molar-refractivity contribution in [3.63, 3.8) is 0 Å². The molecule has 2 aromatic rings. The average Bonchev–Trinajstić information content (AvgIpc) is 2.84. The van der Waals surface area contributed by atoms with E-state index in [1.54, 1.807) is 38.1 Å². The first-order valence-corrected chi connectivity index (χ1v) is 14.2. The molecule has 2 aromatic carbocycles. The molecule has 0 aromatic heterocycles. The summed E-state index contributed by atoms with van der Waals surface area (Å²) in [5.74, 6) is 0.287. The number of anilines is 2. The van der Waals surface area contributed by atoms with Crippen LogP contribution >= 0.6 is 0 Å². The van der Waals surface area contributed by atoms with Gasteiger partial charge >= 0.3 is 0 Å². The molecule has 1 heterocycles. The molecule has 192 valence electrons. The quantitative estimate of drug-likeness (QED) is 0.535. The largest absolute Gasteiger partial charge is 0.495 e. The van der Waals surface area contributed by atoms with Crippen molar-refractivity contribution in [3.05, 3.63) is 42.5 Å². The van der Waals surface area contributed by atoms with E-state index in [0.717, 1.165) is 0 Å². The van der Waals surface area contributed by atoms with Crippen LogP contribution in [0.25, 0.3) is 0 Å². The van der Waals surface area contributed by atoms with E-state index < -0.39 is 20.0 Å². The smallest absolute Gasteiger partial charge is 0.243 e. The van der Waals surface area contributed by atoms with Gasteiger partial charge in [-0.25, -0.2) is 16.8 Å². The van der Waals surface area contributed by atoms with Crippen LogP contribution in [0.2, 0.25) is 0 Å². The first kappa shape index (κ1) is 26.9. The van der Waals surface area contributed by atoms with Crippen LogP contribution in [0.1, 0.15) is 20.8 Å². The second-order valence-corrected chi connectivity index (χ2v) is 11.9. The highest BCUT2D eigenvalue weighted by molar-refractivity contribution is 7.89. The molecule has 1 amide bonds. The number of benzene rings is 2. The zero-order chi connectivity index (χ0) is 25.8. The van der Waals surface area contributed by atoms with Crippen LogP contribution in [-0.2, 0) is 24.8 Å². The molecule has 1 N–H and O–H groups in total. The maximum absolute atomic E-state index is 13.1. The van der Waals surface area contributed by atoms with Gasteiger partial charge in [-0.2, -0.15) is 8.61 Å². The number of rotatable bonds is 9. The second-order valence-electron chi connectivity index (χ2n) is 8.02. The summed E-state index contributed by atoms with van der Waals surface area (Å²) in [5, 5.41) is 2.62. The number of hydrogen-bond donors (Lipinski definition) is 1. The molecule has 0 unspecified atom stereocenters. The lowest BCUT2D eigenvalue weighted by atomic mass is 10.2. The van der Waals surface area contributed by atoms with Crippen LogP contribution < -0.4 is 15.0 Å². The van der Waals surface area contributed by atoms with Gasteiger partial charge in [0.25, 0.3) is 0 Å². The van der Waals surface area contributed by atoms with E-state index in [-0.39, 0.29) is 28.8 Å². The fourth-order valence-corrected chi connectivity index (χ4v) is 6.92. The number of piperazine rings is 1. The predicted molar refractivity (Wildman–Crippen MR) is 135 cm³/mol. The zero-order valence-electron chi connectivity index (χ0n) is 20.4. The van der Waals surface area contributed by atoms with Gasteiger partial charge in [-0.15, -0.1) is 0 Å². The summed E-state index contributed by atoms with van der Waals surface area (Å²) in [4.78, 5) is 13.4. The summed E-state index contributed by atoms with van der Waals surface area (Å²) in [6.07, 6.45) is 0. The van der Waals surface area contributed by atoms with Gasteiger partial charge in [0.05, 0.1) is 22.6 Å². The lowest BCUT2D eigenvalue weighted by Crippen LogP contribution is -2.48. The van der Waals surface area contributed by atoms with Crippen molar-refractivity contribution in [1.29, 1.82) is 0 Å². The van der Waals surface area contributed by atoms with Gasteiger partial charge in [0, 0.05) is 51.9 Å². The number of amides is 1. The number of methoxy groups -OCH3 is 1. The Labute approximate surface area is 207 Å². The van der Waals surface area contributed by atoms with Crippen LogP contribution in [0.3, 0.4) is 0 Å². The van der Waals surface area contributed by atoms with E-state index >= 15 is 0 Å². The Balaban J connectivity index is 1.79. The summed E-state index contributed by atoms with van der Waals surface area (Å²) in [7, 11) is -5.85. The topological polar surface area (TPSA) is 116 Å². The van der Waals surface area contributed by atoms with Crippen molar-refractivity contribution >= 4 is 37.3 Å². The van der Waals surface area contributed by atoms with Gasteiger partial charge in [0.2, 0.25) is 26.0 Å². The standard InChI is InChI=1S/C23H32N4O6S2/c1-5-26(6-2)35(31,32)21-11-12-23(33-4)22(17-21)25-13-15-27(16-14-25)34(29,30)20-9-7-19(8-10-20)24-18(3)28/h7-12,17H,5-6,13-16H2,1-4H3,(H,24,28). The van der Waals surface area contributed by atoms with Gasteiger partial charge in [-0.1, -0.05) is 13.8 Å². The van der Waals surface area contributed by atoms with Gasteiger partial charge in [0.15, 0.2) is 0 Å². The summed E-state index contributed by atoms with van der Waals surface area (Å²) in [6.45, 7) is 6.89. The first-order chi connectivity index (χ1) is 16.5. The predicted octanol–water partition coefficient (Wildman–Crippen LogP) is 2.20. The fourth-order valence-electron chi connectivity index (χ4n) is 4.02. The Bertz CT molecular complexity index is 1250. The molecule has 12 heteroatoms. The SMILES string of the molecule is CCN(CC)S(=O)(=O)c1ccc(OC)c(N2CCN(S(=O)(=O)c3ccc(NC(C)=O)cc3)CC2)c1. The molecule has 10 nitrogen and oxygen atoms in total.